The van der Waals surface area contributed by atoms with Gasteiger partial charge in [0.25, 0.3) is 0 Å². The minimum atomic E-state index is -1.30. The molecular weight excluding hydrogens is 877 g/mol. The molecule has 380 valence electrons. The van der Waals surface area contributed by atoms with Crippen molar-refractivity contribution in [3.63, 3.8) is 0 Å². The van der Waals surface area contributed by atoms with Gasteiger partial charge in [0.1, 0.15) is 0 Å². The first-order valence-corrected chi connectivity index (χ1v) is 26.7. The van der Waals surface area contributed by atoms with Gasteiger partial charge < -0.3 is 18.9 Å². The highest BCUT2D eigenvalue weighted by Gasteiger charge is 2.33. The molecule has 2 aromatic carbocycles. The first-order valence-electron chi connectivity index (χ1n) is 26.7. The van der Waals surface area contributed by atoms with Gasteiger partial charge in [-0.15, -0.1) is 0 Å². The number of ether oxygens (including phenoxy) is 4. The zero-order chi connectivity index (χ0) is 49.0. The molecule has 0 heterocycles. The second kappa shape index (κ2) is 28.6. The highest BCUT2D eigenvalue weighted by atomic mass is 19.2. The van der Waals surface area contributed by atoms with Gasteiger partial charge in [-0.05, 0) is 151 Å². The van der Waals surface area contributed by atoms with Crippen LogP contribution in [0.2, 0.25) is 0 Å². The largest absolute Gasteiger partial charge is 0.423 e. The third-order valence-electron chi connectivity index (χ3n) is 15.4. The van der Waals surface area contributed by atoms with Crippen LogP contribution in [0.15, 0.2) is 24.3 Å². The average Bonchev–Trinajstić information content (AvgIpc) is 3.35. The van der Waals surface area contributed by atoms with Gasteiger partial charge in [0.2, 0.25) is 23.3 Å². The molecule has 0 N–H and O–H groups in total. The van der Waals surface area contributed by atoms with E-state index in [1.54, 1.807) is 0 Å². The Morgan fingerprint density at radius 1 is 0.353 bits per heavy atom. The van der Waals surface area contributed by atoms with Crippen molar-refractivity contribution >= 4 is 23.9 Å². The van der Waals surface area contributed by atoms with E-state index >= 15 is 0 Å². The fourth-order valence-electron chi connectivity index (χ4n) is 11.0. The lowest BCUT2D eigenvalue weighted by Crippen LogP contribution is -2.27. The van der Waals surface area contributed by atoms with E-state index < -0.39 is 70.1 Å². The van der Waals surface area contributed by atoms with Crippen LogP contribution in [0.5, 0.6) is 23.0 Å². The molecule has 0 saturated heterocycles. The lowest BCUT2D eigenvalue weighted by atomic mass is 9.80. The third-order valence-corrected chi connectivity index (χ3v) is 15.4. The smallest absolute Gasteiger partial charge is 0.314 e. The van der Waals surface area contributed by atoms with Gasteiger partial charge in [-0.1, -0.05) is 105 Å². The van der Waals surface area contributed by atoms with E-state index in [9.17, 15) is 36.7 Å². The maximum Gasteiger partial charge on any atom is 0.314 e. The molecule has 0 radical (unpaired) electrons. The molecule has 0 aliphatic heterocycles. The standard InChI is InChI=1S/C30H44F2O4.C26H36F2O4/c1-3-5-7-9-21-11-15-23(16-12-21)29(33)35-25-19-20-26(28(32)27(25)31)36-30(34)24-17-13-22(14-18-24)10-8-6-4-2;1-3-5-17-7-11-19(12-8-17)25(29)31-21-15-16-22(24(28)23(21)27)32-26(30)20-13-9-18(6-4-2)10-14-20/h19-24H,3-18H2,1-2H3;15-20H,3-14H2,1-2H3. The van der Waals surface area contributed by atoms with E-state index in [0.29, 0.717) is 49.4 Å². The second-order valence-corrected chi connectivity index (χ2v) is 20.5. The predicted octanol–water partition coefficient (Wildman–Crippen LogP) is 15.5. The monoisotopic (exact) mass is 957 g/mol. The van der Waals surface area contributed by atoms with Crippen LogP contribution in [0.4, 0.5) is 17.6 Å². The Hall–Kier alpha value is -3.96. The molecule has 8 nitrogen and oxygen atoms in total. The highest BCUT2D eigenvalue weighted by Crippen LogP contribution is 2.38. The summed E-state index contributed by atoms with van der Waals surface area (Å²) in [6, 6.07) is 4.69. The van der Waals surface area contributed by atoms with Crippen LogP contribution in [0.3, 0.4) is 0 Å². The van der Waals surface area contributed by atoms with Crippen LogP contribution < -0.4 is 18.9 Å². The van der Waals surface area contributed by atoms with Crippen molar-refractivity contribution in [2.24, 2.45) is 47.3 Å². The molecule has 2 aromatic rings. The highest BCUT2D eigenvalue weighted by molar-refractivity contribution is 5.77. The first kappa shape index (κ1) is 55.0. The van der Waals surface area contributed by atoms with E-state index in [4.69, 9.17) is 18.9 Å². The predicted molar refractivity (Wildman–Crippen MR) is 255 cm³/mol. The second-order valence-electron chi connectivity index (χ2n) is 20.5. The van der Waals surface area contributed by atoms with Gasteiger partial charge in [0, 0.05) is 0 Å². The number of carbonyl (C=O) groups excluding carboxylic acids is 4. The van der Waals surface area contributed by atoms with E-state index in [2.05, 4.69) is 27.7 Å². The molecule has 4 aliphatic rings. The topological polar surface area (TPSA) is 105 Å². The molecule has 0 spiro atoms. The number of hydrogen-bond acceptors (Lipinski definition) is 8. The van der Waals surface area contributed by atoms with Gasteiger partial charge in [0.15, 0.2) is 23.0 Å². The molecular formula is C56H80F4O8. The van der Waals surface area contributed by atoms with Crippen molar-refractivity contribution in [3.05, 3.63) is 47.5 Å². The molecule has 0 amide bonds. The van der Waals surface area contributed by atoms with Crippen molar-refractivity contribution in [1.29, 1.82) is 0 Å². The Morgan fingerprint density at radius 2 is 0.574 bits per heavy atom. The van der Waals surface area contributed by atoms with Crippen molar-refractivity contribution in [2.45, 2.75) is 207 Å². The van der Waals surface area contributed by atoms with Crippen LogP contribution in [-0.2, 0) is 19.2 Å². The summed E-state index contributed by atoms with van der Waals surface area (Å²) in [5, 5.41) is 0. The quantitative estimate of drug-likeness (QED) is 0.0559. The summed E-state index contributed by atoms with van der Waals surface area (Å²) in [7, 11) is 0. The van der Waals surface area contributed by atoms with Crippen molar-refractivity contribution in [3.8, 4) is 23.0 Å². The molecule has 4 fully saturated rings. The average molecular weight is 957 g/mol. The zero-order valence-electron chi connectivity index (χ0n) is 41.5. The van der Waals surface area contributed by atoms with Gasteiger partial charge >= 0.3 is 23.9 Å². The summed E-state index contributed by atoms with van der Waals surface area (Å²) in [5.41, 5.74) is 0. The number of esters is 4. The Morgan fingerprint density at radius 3 is 0.779 bits per heavy atom. The summed E-state index contributed by atoms with van der Waals surface area (Å²) in [4.78, 5) is 50.0. The van der Waals surface area contributed by atoms with Gasteiger partial charge in [-0.25, -0.2) is 0 Å². The summed E-state index contributed by atoms with van der Waals surface area (Å²) in [6.07, 6.45) is 27.7. The number of halogens is 4. The molecule has 0 unspecified atom stereocenters. The Labute approximate surface area is 403 Å². The van der Waals surface area contributed by atoms with Crippen molar-refractivity contribution in [1.82, 2.24) is 0 Å². The lowest BCUT2D eigenvalue weighted by molar-refractivity contribution is -0.141. The van der Waals surface area contributed by atoms with E-state index in [-0.39, 0.29) is 23.7 Å². The minimum absolute atomic E-state index is 0.286. The molecule has 68 heavy (non-hydrogen) atoms. The van der Waals surface area contributed by atoms with Crippen molar-refractivity contribution < 1.29 is 55.7 Å². The summed E-state index contributed by atoms with van der Waals surface area (Å²) < 4.78 is 79.2. The minimum Gasteiger partial charge on any atom is -0.423 e. The van der Waals surface area contributed by atoms with Crippen molar-refractivity contribution in [2.75, 3.05) is 0 Å². The number of carbonyl (C=O) groups is 4. The molecule has 0 bridgehead atoms. The fraction of sp³-hybridized carbons (Fsp3) is 0.714. The van der Waals surface area contributed by atoms with E-state index in [0.717, 1.165) is 103 Å². The van der Waals surface area contributed by atoms with Gasteiger partial charge in [0.05, 0.1) is 23.7 Å². The van der Waals surface area contributed by atoms with Gasteiger partial charge in [-0.3, -0.25) is 19.2 Å². The lowest BCUT2D eigenvalue weighted by Gasteiger charge is -2.27. The SMILES string of the molecule is CCCC1CCC(C(=O)Oc2ccc(OC(=O)C3CCC(CCC)CC3)c(F)c2F)CC1.CCCCCC1CCC(C(=O)Oc2ccc(OC(=O)C3CCC(CCCCC)CC3)c(F)c2F)CC1. The third kappa shape index (κ3) is 16.6. The molecule has 12 heteroatoms. The summed E-state index contributed by atoms with van der Waals surface area (Å²) in [6.45, 7) is 8.67. The van der Waals surface area contributed by atoms with Crippen LogP contribution >= 0.6 is 0 Å². The number of hydrogen-bond donors (Lipinski definition) is 0. The maximum absolute atomic E-state index is 14.7. The van der Waals surface area contributed by atoms with Crippen LogP contribution in [-0.4, -0.2) is 23.9 Å². The molecule has 4 saturated carbocycles. The first-order chi connectivity index (χ1) is 32.8. The Kier molecular flexibility index (Phi) is 23.2. The van der Waals surface area contributed by atoms with E-state index in [1.165, 1.54) is 75.6 Å². The number of unbranched alkanes of at least 4 members (excludes halogenated alkanes) is 4. The molecule has 0 aromatic heterocycles. The van der Waals surface area contributed by atoms with Crippen LogP contribution in [0.1, 0.15) is 207 Å². The van der Waals surface area contributed by atoms with Crippen LogP contribution in [0, 0.1) is 70.6 Å². The maximum atomic E-state index is 14.7. The Bertz CT molecular complexity index is 1750. The molecule has 4 aliphatic carbocycles. The number of benzene rings is 2. The Balaban J connectivity index is 0.000000256. The molecule has 6 rings (SSSR count). The zero-order valence-corrected chi connectivity index (χ0v) is 41.5. The fourth-order valence-corrected chi connectivity index (χ4v) is 11.0. The molecule has 0 atom stereocenters. The summed E-state index contributed by atoms with van der Waals surface area (Å²) in [5.74, 6) is -7.66. The summed E-state index contributed by atoms with van der Waals surface area (Å²) >= 11 is 0. The number of rotatable bonds is 20. The van der Waals surface area contributed by atoms with E-state index in [1.807, 2.05) is 0 Å². The normalized spacial score (nSPS) is 25.1. The van der Waals surface area contributed by atoms with Crippen LogP contribution in [0.25, 0.3) is 0 Å². The van der Waals surface area contributed by atoms with Gasteiger partial charge in [-0.2, -0.15) is 17.6 Å².